The molecular formula is C17H22N4O2. The maximum atomic E-state index is 12.3. The van der Waals surface area contributed by atoms with E-state index >= 15 is 0 Å². The van der Waals surface area contributed by atoms with Crippen LogP contribution in [0.3, 0.4) is 0 Å². The van der Waals surface area contributed by atoms with Gasteiger partial charge < -0.3 is 9.72 Å². The Labute approximate surface area is 134 Å². The van der Waals surface area contributed by atoms with Gasteiger partial charge in [0.25, 0.3) is 5.56 Å². The molecule has 0 saturated heterocycles. The highest BCUT2D eigenvalue weighted by atomic mass is 16.2. The minimum absolute atomic E-state index is 0.174. The lowest BCUT2D eigenvalue weighted by Crippen LogP contribution is -2.38. The van der Waals surface area contributed by atoms with Crippen molar-refractivity contribution < 1.29 is 4.79 Å². The fourth-order valence-electron chi connectivity index (χ4n) is 2.97. The Morgan fingerprint density at radius 1 is 1.43 bits per heavy atom. The Morgan fingerprint density at radius 3 is 3.09 bits per heavy atom. The molecule has 1 aliphatic rings. The van der Waals surface area contributed by atoms with Crippen molar-refractivity contribution in [1.82, 2.24) is 19.5 Å². The summed E-state index contributed by atoms with van der Waals surface area (Å²) >= 11 is 0. The van der Waals surface area contributed by atoms with Crippen LogP contribution in [0, 0.1) is 0 Å². The molecule has 0 bridgehead atoms. The Hall–Kier alpha value is -2.37. The third-order valence-corrected chi connectivity index (χ3v) is 4.38. The van der Waals surface area contributed by atoms with E-state index in [0.717, 1.165) is 19.3 Å². The van der Waals surface area contributed by atoms with Gasteiger partial charge in [0.1, 0.15) is 17.9 Å². The number of nitrogens with zero attached hydrogens (tertiary/aromatic N) is 3. The molecule has 0 saturated carbocycles. The molecule has 6 heteroatoms. The van der Waals surface area contributed by atoms with Crippen molar-refractivity contribution >= 4 is 11.4 Å². The molecule has 3 rings (SSSR count). The zero-order valence-electron chi connectivity index (χ0n) is 13.4. The van der Waals surface area contributed by atoms with Crippen LogP contribution in [0.2, 0.25) is 0 Å². The van der Waals surface area contributed by atoms with Gasteiger partial charge in [0.15, 0.2) is 0 Å². The van der Waals surface area contributed by atoms with Crippen LogP contribution in [-0.2, 0) is 4.79 Å². The lowest BCUT2D eigenvalue weighted by molar-refractivity contribution is -0.124. The summed E-state index contributed by atoms with van der Waals surface area (Å²) in [6.45, 7) is 2.31. The first-order valence-electron chi connectivity index (χ1n) is 8.17. The molecule has 2 heterocycles. The van der Waals surface area contributed by atoms with Gasteiger partial charge in [0.05, 0.1) is 0 Å². The smallest absolute Gasteiger partial charge is 0.291 e. The van der Waals surface area contributed by atoms with Crippen molar-refractivity contribution in [3.8, 4) is 0 Å². The minimum Gasteiger partial charge on any atom is -0.354 e. The molecule has 1 aliphatic carbocycles. The SMILES string of the molecule is CC(C(=O)NCCC1=CCCCC1)n1ncn2cccc2c1=O. The molecule has 1 amide bonds. The second-order valence-electron chi connectivity index (χ2n) is 6.01. The summed E-state index contributed by atoms with van der Waals surface area (Å²) in [4.78, 5) is 24.6. The van der Waals surface area contributed by atoms with Gasteiger partial charge in [-0.25, -0.2) is 4.68 Å². The Bertz CT molecular complexity index is 787. The van der Waals surface area contributed by atoms with Crippen molar-refractivity contribution in [2.24, 2.45) is 0 Å². The van der Waals surface area contributed by atoms with Crippen molar-refractivity contribution in [2.45, 2.75) is 45.1 Å². The number of fused-ring (bicyclic) bond motifs is 1. The molecule has 0 aliphatic heterocycles. The summed E-state index contributed by atoms with van der Waals surface area (Å²) in [6, 6.07) is 2.88. The number of carbonyl (C=O) groups is 1. The van der Waals surface area contributed by atoms with E-state index in [9.17, 15) is 9.59 Å². The summed E-state index contributed by atoms with van der Waals surface area (Å²) in [7, 11) is 0. The third-order valence-electron chi connectivity index (χ3n) is 4.38. The molecular weight excluding hydrogens is 292 g/mol. The molecule has 0 aromatic carbocycles. The van der Waals surface area contributed by atoms with Crippen LogP contribution < -0.4 is 10.9 Å². The summed E-state index contributed by atoms with van der Waals surface area (Å²) in [6.07, 6.45) is 11.3. The number of amides is 1. The van der Waals surface area contributed by atoms with Gasteiger partial charge in [0, 0.05) is 12.7 Å². The Balaban J connectivity index is 1.63. The highest BCUT2D eigenvalue weighted by Gasteiger charge is 2.18. The molecule has 0 spiro atoms. The zero-order valence-corrected chi connectivity index (χ0v) is 13.4. The molecule has 2 aromatic heterocycles. The number of aromatic nitrogens is 3. The molecule has 23 heavy (non-hydrogen) atoms. The summed E-state index contributed by atoms with van der Waals surface area (Å²) < 4.78 is 2.89. The molecule has 122 valence electrons. The summed E-state index contributed by atoms with van der Waals surface area (Å²) in [5.41, 5.74) is 1.69. The van der Waals surface area contributed by atoms with Crippen molar-refractivity contribution in [3.05, 3.63) is 46.7 Å². The maximum Gasteiger partial charge on any atom is 0.291 e. The second-order valence-corrected chi connectivity index (χ2v) is 6.01. The number of allylic oxidation sites excluding steroid dienone is 1. The topological polar surface area (TPSA) is 68.4 Å². The normalized spacial score (nSPS) is 16.1. The molecule has 1 unspecified atom stereocenters. The largest absolute Gasteiger partial charge is 0.354 e. The monoisotopic (exact) mass is 314 g/mol. The van der Waals surface area contributed by atoms with Crippen LogP contribution in [0.1, 0.15) is 45.1 Å². The first kappa shape index (κ1) is 15.5. The average molecular weight is 314 g/mol. The van der Waals surface area contributed by atoms with E-state index in [2.05, 4.69) is 16.5 Å². The van der Waals surface area contributed by atoms with Crippen LogP contribution in [0.15, 0.2) is 41.1 Å². The predicted molar refractivity (Wildman–Crippen MR) is 88.3 cm³/mol. The van der Waals surface area contributed by atoms with Gasteiger partial charge >= 0.3 is 0 Å². The summed E-state index contributed by atoms with van der Waals surface area (Å²) in [5.74, 6) is -0.174. The van der Waals surface area contributed by atoms with Crippen LogP contribution in [-0.4, -0.2) is 26.6 Å². The predicted octanol–water partition coefficient (Wildman–Crippen LogP) is 2.06. The second kappa shape index (κ2) is 6.81. The van der Waals surface area contributed by atoms with Gasteiger partial charge in [-0.15, -0.1) is 0 Å². The van der Waals surface area contributed by atoms with Crippen molar-refractivity contribution in [3.63, 3.8) is 0 Å². The fraction of sp³-hybridized carbons (Fsp3) is 0.471. The number of hydrogen-bond acceptors (Lipinski definition) is 3. The highest BCUT2D eigenvalue weighted by Crippen LogP contribution is 2.19. The van der Waals surface area contributed by atoms with Crippen LogP contribution >= 0.6 is 0 Å². The van der Waals surface area contributed by atoms with Crippen LogP contribution in [0.25, 0.3) is 5.52 Å². The number of nitrogens with one attached hydrogen (secondary N) is 1. The molecule has 1 N–H and O–H groups in total. The van der Waals surface area contributed by atoms with Crippen LogP contribution in [0.4, 0.5) is 0 Å². The lowest BCUT2D eigenvalue weighted by Gasteiger charge is -2.16. The molecule has 0 fully saturated rings. The van der Waals surface area contributed by atoms with E-state index < -0.39 is 6.04 Å². The number of carbonyl (C=O) groups excluding carboxylic acids is 1. The number of hydrogen-bond donors (Lipinski definition) is 1. The van der Waals surface area contributed by atoms with E-state index in [1.807, 2.05) is 0 Å². The lowest BCUT2D eigenvalue weighted by atomic mass is 9.97. The van der Waals surface area contributed by atoms with Gasteiger partial charge in [0.2, 0.25) is 5.91 Å². The number of rotatable bonds is 5. The zero-order chi connectivity index (χ0) is 16.2. The van der Waals surface area contributed by atoms with Crippen LogP contribution in [0.5, 0.6) is 0 Å². The summed E-state index contributed by atoms with van der Waals surface area (Å²) in [5, 5.41) is 7.00. The Morgan fingerprint density at radius 2 is 2.30 bits per heavy atom. The standard InChI is InChI=1S/C17H22N4O2/c1-13(16(22)18-10-9-14-6-3-2-4-7-14)21-17(23)15-8-5-11-20(15)12-19-21/h5-6,8,11-13H,2-4,7,9-10H2,1H3,(H,18,22). The van der Waals surface area contributed by atoms with Crippen molar-refractivity contribution in [2.75, 3.05) is 6.54 Å². The molecule has 1 atom stereocenters. The van der Waals surface area contributed by atoms with Gasteiger partial charge in [-0.2, -0.15) is 5.10 Å². The van der Waals surface area contributed by atoms with Gasteiger partial charge in [-0.3, -0.25) is 9.59 Å². The van der Waals surface area contributed by atoms with E-state index in [1.54, 1.807) is 36.0 Å². The Kier molecular flexibility index (Phi) is 4.60. The molecule has 6 nitrogen and oxygen atoms in total. The van der Waals surface area contributed by atoms with E-state index in [1.165, 1.54) is 23.1 Å². The first-order valence-corrected chi connectivity index (χ1v) is 8.17. The molecule has 0 radical (unpaired) electrons. The van der Waals surface area contributed by atoms with E-state index in [4.69, 9.17) is 0 Å². The highest BCUT2D eigenvalue weighted by molar-refractivity contribution is 5.79. The fourth-order valence-corrected chi connectivity index (χ4v) is 2.97. The van der Waals surface area contributed by atoms with E-state index in [-0.39, 0.29) is 11.5 Å². The van der Waals surface area contributed by atoms with Crippen molar-refractivity contribution in [1.29, 1.82) is 0 Å². The van der Waals surface area contributed by atoms with Gasteiger partial charge in [-0.05, 0) is 51.2 Å². The minimum atomic E-state index is -0.622. The first-order chi connectivity index (χ1) is 11.2. The quantitative estimate of drug-likeness (QED) is 0.859. The average Bonchev–Trinajstić information content (AvgIpc) is 3.05. The third kappa shape index (κ3) is 3.36. The maximum absolute atomic E-state index is 12.3. The van der Waals surface area contributed by atoms with Gasteiger partial charge in [-0.1, -0.05) is 11.6 Å². The molecule has 2 aromatic rings. The van der Waals surface area contributed by atoms with E-state index in [0.29, 0.717) is 12.1 Å².